The summed E-state index contributed by atoms with van der Waals surface area (Å²) in [6, 6.07) is 12.4. The van der Waals surface area contributed by atoms with Crippen LogP contribution in [0.5, 0.6) is 0 Å². The predicted molar refractivity (Wildman–Crippen MR) is 96.4 cm³/mol. The second kappa shape index (κ2) is 5.73. The van der Waals surface area contributed by atoms with Crippen LogP contribution >= 0.6 is 0 Å². The molecule has 1 saturated heterocycles. The van der Waals surface area contributed by atoms with Crippen LogP contribution < -0.4 is 4.90 Å². The van der Waals surface area contributed by atoms with E-state index in [1.165, 1.54) is 24.1 Å². The molecule has 4 nitrogen and oxygen atoms in total. The van der Waals surface area contributed by atoms with E-state index in [2.05, 4.69) is 34.1 Å². The molecule has 0 unspecified atom stereocenters. The highest BCUT2D eigenvalue weighted by molar-refractivity contribution is 6.08. The van der Waals surface area contributed by atoms with Gasteiger partial charge in [-0.3, -0.25) is 9.69 Å². The molecule has 3 aliphatic rings. The Morgan fingerprint density at radius 3 is 2.60 bits per heavy atom. The molecule has 2 fully saturated rings. The number of hydrogen-bond acceptors (Lipinski definition) is 3. The van der Waals surface area contributed by atoms with Crippen molar-refractivity contribution in [3.8, 4) is 0 Å². The molecule has 2 aromatic rings. The summed E-state index contributed by atoms with van der Waals surface area (Å²) in [5, 5.41) is 0. The van der Waals surface area contributed by atoms with Gasteiger partial charge in [0.15, 0.2) is 0 Å². The first kappa shape index (κ1) is 15.2. The number of carbonyl (C=O) groups is 1. The second-order valence-corrected chi connectivity index (χ2v) is 7.81. The number of hydrogen-bond donors (Lipinski definition) is 0. The average Bonchev–Trinajstić information content (AvgIpc) is 3.28. The molecule has 0 bridgehead atoms. The zero-order valence-corrected chi connectivity index (χ0v) is 14.5. The molecule has 1 saturated carbocycles. The van der Waals surface area contributed by atoms with Crippen LogP contribution in [0.15, 0.2) is 47.1 Å². The molecule has 2 aliphatic heterocycles. The number of anilines is 1. The van der Waals surface area contributed by atoms with Gasteiger partial charge in [-0.1, -0.05) is 18.2 Å². The van der Waals surface area contributed by atoms with E-state index in [1.54, 1.807) is 6.26 Å². The Hall–Kier alpha value is -2.07. The van der Waals surface area contributed by atoms with Crippen LogP contribution in [0, 0.1) is 5.92 Å². The van der Waals surface area contributed by atoms with Gasteiger partial charge in [-0.25, -0.2) is 0 Å². The Morgan fingerprint density at radius 1 is 1.08 bits per heavy atom. The van der Waals surface area contributed by atoms with Crippen LogP contribution in [-0.4, -0.2) is 30.4 Å². The first-order valence-electron chi connectivity index (χ1n) is 9.42. The minimum atomic E-state index is -0.300. The molecule has 3 heterocycles. The number of furan rings is 1. The van der Waals surface area contributed by atoms with Crippen molar-refractivity contribution in [2.75, 3.05) is 24.5 Å². The van der Waals surface area contributed by atoms with Gasteiger partial charge in [0, 0.05) is 12.2 Å². The van der Waals surface area contributed by atoms with Crippen LogP contribution in [0.4, 0.5) is 5.69 Å². The van der Waals surface area contributed by atoms with Gasteiger partial charge in [-0.05, 0) is 68.5 Å². The lowest BCUT2D eigenvalue weighted by Crippen LogP contribution is -2.48. The minimum Gasteiger partial charge on any atom is -0.468 e. The van der Waals surface area contributed by atoms with E-state index in [0.29, 0.717) is 11.8 Å². The second-order valence-electron chi connectivity index (χ2n) is 7.81. The van der Waals surface area contributed by atoms with Crippen molar-refractivity contribution >= 4 is 11.6 Å². The maximum Gasteiger partial charge on any atom is 0.237 e. The molecule has 1 aliphatic carbocycles. The largest absolute Gasteiger partial charge is 0.468 e. The van der Waals surface area contributed by atoms with Crippen molar-refractivity contribution in [1.82, 2.24) is 4.90 Å². The molecule has 1 aromatic heterocycles. The van der Waals surface area contributed by atoms with E-state index in [-0.39, 0.29) is 5.41 Å². The minimum absolute atomic E-state index is 0.300. The van der Waals surface area contributed by atoms with Crippen molar-refractivity contribution in [1.29, 1.82) is 0 Å². The van der Waals surface area contributed by atoms with E-state index in [9.17, 15) is 4.79 Å². The third kappa shape index (κ3) is 2.51. The summed E-state index contributed by atoms with van der Waals surface area (Å²) >= 11 is 0. The average molecular weight is 336 g/mol. The number of likely N-dealkylation sites (tertiary alicyclic amines) is 1. The fourth-order valence-corrected chi connectivity index (χ4v) is 4.54. The lowest BCUT2D eigenvalue weighted by Gasteiger charge is -2.38. The highest BCUT2D eigenvalue weighted by Gasteiger charge is 2.52. The van der Waals surface area contributed by atoms with Crippen molar-refractivity contribution in [2.24, 2.45) is 5.92 Å². The molecular weight excluding hydrogens is 312 g/mol. The summed E-state index contributed by atoms with van der Waals surface area (Å²) in [6.45, 7) is 3.63. The van der Waals surface area contributed by atoms with Gasteiger partial charge >= 0.3 is 0 Å². The number of para-hydroxylation sites is 1. The summed E-state index contributed by atoms with van der Waals surface area (Å²) in [5.41, 5.74) is 2.13. The molecule has 1 aromatic carbocycles. The molecule has 25 heavy (non-hydrogen) atoms. The summed E-state index contributed by atoms with van der Waals surface area (Å²) in [7, 11) is 0. The Labute approximate surface area is 148 Å². The van der Waals surface area contributed by atoms with Gasteiger partial charge < -0.3 is 9.32 Å². The van der Waals surface area contributed by atoms with Gasteiger partial charge in [-0.2, -0.15) is 0 Å². The maximum atomic E-state index is 13.4. The Kier molecular flexibility index (Phi) is 3.49. The van der Waals surface area contributed by atoms with Gasteiger partial charge in [0.1, 0.15) is 5.76 Å². The molecular formula is C21H24N2O2. The Balaban J connectivity index is 1.38. The molecule has 1 spiro atoms. The molecule has 5 rings (SSSR count). The van der Waals surface area contributed by atoms with Crippen LogP contribution in [0.2, 0.25) is 0 Å². The molecule has 1 amide bonds. The SMILES string of the molecule is O=C1N(CC2CC2)c2ccccc2C12CCN(Cc1ccco1)CC2. The summed E-state index contributed by atoms with van der Waals surface area (Å²) < 4.78 is 5.48. The fourth-order valence-electron chi connectivity index (χ4n) is 4.54. The first-order chi connectivity index (χ1) is 12.3. The van der Waals surface area contributed by atoms with Crippen molar-refractivity contribution in [3.63, 3.8) is 0 Å². The van der Waals surface area contributed by atoms with E-state index in [1.807, 2.05) is 12.1 Å². The third-order valence-electron chi connectivity index (χ3n) is 6.17. The number of carbonyl (C=O) groups excluding carboxylic acids is 1. The maximum absolute atomic E-state index is 13.4. The normalized spacial score (nSPS) is 22.6. The Bertz CT molecular complexity index is 771. The smallest absolute Gasteiger partial charge is 0.237 e. The van der Waals surface area contributed by atoms with E-state index in [0.717, 1.165) is 44.8 Å². The highest BCUT2D eigenvalue weighted by Crippen LogP contribution is 2.49. The third-order valence-corrected chi connectivity index (χ3v) is 6.17. The molecule has 130 valence electrons. The van der Waals surface area contributed by atoms with Crippen molar-refractivity contribution < 1.29 is 9.21 Å². The Morgan fingerprint density at radius 2 is 1.88 bits per heavy atom. The topological polar surface area (TPSA) is 36.7 Å². The first-order valence-corrected chi connectivity index (χ1v) is 9.42. The quantitative estimate of drug-likeness (QED) is 0.856. The van der Waals surface area contributed by atoms with Gasteiger partial charge in [-0.15, -0.1) is 0 Å². The number of amides is 1. The number of nitrogens with zero attached hydrogens (tertiary/aromatic N) is 2. The van der Waals surface area contributed by atoms with Gasteiger partial charge in [0.2, 0.25) is 5.91 Å². The lowest BCUT2D eigenvalue weighted by molar-refractivity contribution is -0.125. The highest BCUT2D eigenvalue weighted by atomic mass is 16.3. The molecule has 0 radical (unpaired) electrons. The molecule has 4 heteroatoms. The number of piperidine rings is 1. The van der Waals surface area contributed by atoms with Gasteiger partial charge in [0.05, 0.1) is 18.2 Å². The number of rotatable bonds is 4. The molecule has 0 atom stereocenters. The monoisotopic (exact) mass is 336 g/mol. The van der Waals surface area contributed by atoms with Gasteiger partial charge in [0.25, 0.3) is 0 Å². The fraction of sp³-hybridized carbons (Fsp3) is 0.476. The molecule has 0 N–H and O–H groups in total. The number of benzene rings is 1. The summed E-state index contributed by atoms with van der Waals surface area (Å²) in [5.74, 6) is 2.06. The van der Waals surface area contributed by atoms with E-state index >= 15 is 0 Å². The standard InChI is InChI=1S/C21H24N2O2/c24-20-21(9-11-22(12-10-21)15-17-4-3-13-25-17)18-5-1-2-6-19(18)23(20)14-16-7-8-16/h1-6,13,16H,7-12,14-15H2. The zero-order valence-electron chi connectivity index (χ0n) is 14.5. The van der Waals surface area contributed by atoms with Crippen LogP contribution in [0.3, 0.4) is 0 Å². The van der Waals surface area contributed by atoms with Crippen LogP contribution in [0.25, 0.3) is 0 Å². The summed E-state index contributed by atoms with van der Waals surface area (Å²) in [4.78, 5) is 17.9. The van der Waals surface area contributed by atoms with E-state index in [4.69, 9.17) is 4.42 Å². The van der Waals surface area contributed by atoms with Crippen molar-refractivity contribution in [3.05, 3.63) is 54.0 Å². The van der Waals surface area contributed by atoms with Crippen molar-refractivity contribution in [2.45, 2.75) is 37.6 Å². The van der Waals surface area contributed by atoms with Crippen LogP contribution in [-0.2, 0) is 16.8 Å². The van der Waals surface area contributed by atoms with E-state index < -0.39 is 0 Å². The lowest BCUT2D eigenvalue weighted by atomic mass is 9.73. The summed E-state index contributed by atoms with van der Waals surface area (Å²) in [6.07, 6.45) is 6.09. The van der Waals surface area contributed by atoms with Crippen LogP contribution in [0.1, 0.15) is 37.0 Å². The number of fused-ring (bicyclic) bond motifs is 2. The zero-order chi connectivity index (χ0) is 16.9. The predicted octanol–water partition coefficient (Wildman–Crippen LogP) is 3.57.